The predicted molar refractivity (Wildman–Crippen MR) is 110 cm³/mol. The monoisotopic (exact) mass is 430 g/mol. The highest BCUT2D eigenvalue weighted by atomic mass is 19.4. The second-order valence-electron chi connectivity index (χ2n) is 7.10. The Hall–Kier alpha value is -3.49. The number of nitrogens with zero attached hydrogens (tertiary/aromatic N) is 3. The van der Waals surface area contributed by atoms with Crippen LogP contribution < -0.4 is 5.73 Å². The number of aryl methyl sites for hydroxylation is 2. The van der Waals surface area contributed by atoms with E-state index in [0.29, 0.717) is 41.8 Å². The Morgan fingerprint density at radius 3 is 2.39 bits per heavy atom. The maximum atomic E-state index is 13.4. The first kappa shape index (κ1) is 22.2. The zero-order chi connectivity index (χ0) is 22.6. The number of nitrogens with two attached hydrogens (primary N) is 1. The maximum absolute atomic E-state index is 13.4. The number of halogens is 3. The topological polar surface area (TPSA) is 102 Å². The number of nitrogen functional groups attached to an aromatic ring is 1. The van der Waals surface area contributed by atoms with Gasteiger partial charge in [-0.3, -0.25) is 4.79 Å². The fourth-order valence-electron chi connectivity index (χ4n) is 3.34. The van der Waals surface area contributed by atoms with Gasteiger partial charge in [0, 0.05) is 23.2 Å². The molecule has 3 rings (SSSR count). The lowest BCUT2D eigenvalue weighted by molar-refractivity contribution is -0.141. The number of carboxylic acid groups (broad SMARTS) is 1. The minimum Gasteiger partial charge on any atom is -0.481 e. The van der Waals surface area contributed by atoms with Crippen LogP contribution in [0, 0.1) is 6.92 Å². The summed E-state index contributed by atoms with van der Waals surface area (Å²) < 4.78 is 40.2. The first-order chi connectivity index (χ1) is 14.6. The maximum Gasteiger partial charge on any atom is 0.433 e. The normalized spacial score (nSPS) is 11.5. The van der Waals surface area contributed by atoms with Gasteiger partial charge in [-0.15, -0.1) is 0 Å². The van der Waals surface area contributed by atoms with Gasteiger partial charge in [-0.05, 0) is 43.9 Å². The molecule has 2 heterocycles. The van der Waals surface area contributed by atoms with Crippen LogP contribution in [0.1, 0.15) is 36.3 Å². The van der Waals surface area contributed by atoms with E-state index < -0.39 is 17.8 Å². The molecule has 1 aromatic carbocycles. The summed E-state index contributed by atoms with van der Waals surface area (Å²) >= 11 is 0. The van der Waals surface area contributed by atoms with Crippen molar-refractivity contribution >= 4 is 11.9 Å². The first-order valence-corrected chi connectivity index (χ1v) is 9.65. The largest absolute Gasteiger partial charge is 0.481 e. The van der Waals surface area contributed by atoms with E-state index in [9.17, 15) is 18.0 Å². The van der Waals surface area contributed by atoms with Gasteiger partial charge in [0.2, 0.25) is 5.95 Å². The zero-order valence-electron chi connectivity index (χ0n) is 16.8. The van der Waals surface area contributed by atoms with Gasteiger partial charge in [-0.2, -0.15) is 13.2 Å². The van der Waals surface area contributed by atoms with Crippen molar-refractivity contribution in [2.45, 2.75) is 38.8 Å². The van der Waals surface area contributed by atoms with Crippen LogP contribution in [0.5, 0.6) is 0 Å². The minimum atomic E-state index is -4.61. The zero-order valence-corrected chi connectivity index (χ0v) is 16.8. The van der Waals surface area contributed by atoms with E-state index in [1.807, 2.05) is 6.07 Å². The molecule has 0 radical (unpaired) electrons. The SMILES string of the molecule is Cc1cc(-c2c(CCCCC(=O)O)nc(N)nc2-c2ccccc2)cc(C(F)(F)F)n1. The van der Waals surface area contributed by atoms with Crippen LogP contribution in [0.15, 0.2) is 42.5 Å². The van der Waals surface area contributed by atoms with E-state index in [-0.39, 0.29) is 23.6 Å². The number of unbranched alkanes of at least 4 members (excludes halogenated alkanes) is 1. The average Bonchev–Trinajstić information content (AvgIpc) is 2.70. The van der Waals surface area contributed by atoms with Crippen molar-refractivity contribution in [2.24, 2.45) is 0 Å². The Morgan fingerprint density at radius 2 is 1.74 bits per heavy atom. The molecule has 0 aliphatic rings. The van der Waals surface area contributed by atoms with Crippen LogP contribution in [0.4, 0.5) is 19.1 Å². The molecule has 9 heteroatoms. The van der Waals surface area contributed by atoms with E-state index in [2.05, 4.69) is 15.0 Å². The molecule has 0 bridgehead atoms. The van der Waals surface area contributed by atoms with Crippen molar-refractivity contribution in [2.75, 3.05) is 5.73 Å². The van der Waals surface area contributed by atoms with E-state index in [4.69, 9.17) is 10.8 Å². The Kier molecular flexibility index (Phi) is 6.53. The summed E-state index contributed by atoms with van der Waals surface area (Å²) in [7, 11) is 0. The molecule has 0 unspecified atom stereocenters. The number of aromatic nitrogens is 3. The van der Waals surface area contributed by atoms with Gasteiger partial charge in [-0.25, -0.2) is 15.0 Å². The van der Waals surface area contributed by atoms with E-state index in [1.165, 1.54) is 6.92 Å². The van der Waals surface area contributed by atoms with Crippen molar-refractivity contribution in [1.82, 2.24) is 15.0 Å². The third-order valence-corrected chi connectivity index (χ3v) is 4.64. The van der Waals surface area contributed by atoms with Gasteiger partial charge >= 0.3 is 12.1 Å². The van der Waals surface area contributed by atoms with Crippen molar-refractivity contribution in [3.63, 3.8) is 0 Å². The van der Waals surface area contributed by atoms with Crippen LogP contribution in [0.25, 0.3) is 22.4 Å². The fourth-order valence-corrected chi connectivity index (χ4v) is 3.34. The molecule has 0 aliphatic heterocycles. The molecule has 0 amide bonds. The molecule has 0 saturated heterocycles. The van der Waals surface area contributed by atoms with Crippen molar-refractivity contribution in [3.05, 3.63) is 59.5 Å². The number of benzene rings is 1. The van der Waals surface area contributed by atoms with Gasteiger partial charge in [0.25, 0.3) is 0 Å². The van der Waals surface area contributed by atoms with Gasteiger partial charge in [0.1, 0.15) is 5.69 Å². The minimum absolute atomic E-state index is 0.00217. The second-order valence-corrected chi connectivity index (χ2v) is 7.10. The molecule has 162 valence electrons. The van der Waals surface area contributed by atoms with E-state index >= 15 is 0 Å². The molecular formula is C22H21F3N4O2. The van der Waals surface area contributed by atoms with Gasteiger partial charge < -0.3 is 10.8 Å². The number of aliphatic carboxylic acids is 1. The van der Waals surface area contributed by atoms with Crippen LogP contribution in [-0.2, 0) is 17.4 Å². The summed E-state index contributed by atoms with van der Waals surface area (Å²) in [4.78, 5) is 23.0. The number of hydrogen-bond donors (Lipinski definition) is 2. The molecule has 0 spiro atoms. The highest BCUT2D eigenvalue weighted by molar-refractivity contribution is 5.83. The lowest BCUT2D eigenvalue weighted by atomic mass is 9.94. The lowest BCUT2D eigenvalue weighted by Gasteiger charge is -2.17. The highest BCUT2D eigenvalue weighted by Crippen LogP contribution is 2.37. The second kappa shape index (κ2) is 9.11. The summed E-state index contributed by atoms with van der Waals surface area (Å²) in [6, 6.07) is 11.5. The summed E-state index contributed by atoms with van der Waals surface area (Å²) in [6.07, 6.45) is -3.38. The molecule has 3 N–H and O–H groups in total. The number of rotatable bonds is 7. The van der Waals surface area contributed by atoms with Gasteiger partial charge in [0.05, 0.1) is 11.4 Å². The molecule has 6 nitrogen and oxygen atoms in total. The number of hydrogen-bond acceptors (Lipinski definition) is 5. The number of pyridine rings is 1. The number of carboxylic acids is 1. The average molecular weight is 430 g/mol. The fraction of sp³-hybridized carbons (Fsp3) is 0.273. The molecule has 0 saturated carbocycles. The third kappa shape index (κ3) is 5.56. The molecular weight excluding hydrogens is 409 g/mol. The van der Waals surface area contributed by atoms with E-state index in [1.54, 1.807) is 30.3 Å². The predicted octanol–water partition coefficient (Wildman–Crippen LogP) is 4.91. The Morgan fingerprint density at radius 1 is 1.03 bits per heavy atom. The molecule has 0 atom stereocenters. The quantitative estimate of drug-likeness (QED) is 0.516. The Labute approximate surface area is 177 Å². The molecule has 0 aliphatic carbocycles. The van der Waals surface area contributed by atoms with Crippen molar-refractivity contribution < 1.29 is 23.1 Å². The van der Waals surface area contributed by atoms with E-state index in [0.717, 1.165) is 6.07 Å². The highest BCUT2D eigenvalue weighted by Gasteiger charge is 2.33. The van der Waals surface area contributed by atoms with Crippen molar-refractivity contribution in [3.8, 4) is 22.4 Å². The van der Waals surface area contributed by atoms with Crippen molar-refractivity contribution in [1.29, 1.82) is 0 Å². The number of anilines is 1. The van der Waals surface area contributed by atoms with Crippen LogP contribution in [-0.4, -0.2) is 26.0 Å². The van der Waals surface area contributed by atoms with Crippen LogP contribution >= 0.6 is 0 Å². The summed E-state index contributed by atoms with van der Waals surface area (Å²) in [5, 5.41) is 8.86. The summed E-state index contributed by atoms with van der Waals surface area (Å²) in [5.74, 6) is -0.912. The standard InChI is InChI=1S/C22H21F3N4O2/c1-13-11-15(12-17(27-13)22(23,24)25)19-16(9-5-6-10-18(30)31)28-21(26)29-20(19)14-7-3-2-4-8-14/h2-4,7-8,11-12H,5-6,9-10H2,1H3,(H,30,31)(H2,26,28,29). The van der Waals surface area contributed by atoms with Gasteiger partial charge in [0.15, 0.2) is 0 Å². The summed E-state index contributed by atoms with van der Waals surface area (Å²) in [5.41, 5.74) is 7.41. The van der Waals surface area contributed by atoms with Crippen LogP contribution in [0.3, 0.4) is 0 Å². The third-order valence-electron chi connectivity index (χ3n) is 4.64. The molecule has 2 aromatic heterocycles. The molecule has 0 fully saturated rings. The smallest absolute Gasteiger partial charge is 0.433 e. The van der Waals surface area contributed by atoms with Crippen LogP contribution in [0.2, 0.25) is 0 Å². The first-order valence-electron chi connectivity index (χ1n) is 9.65. The number of alkyl halides is 3. The summed E-state index contributed by atoms with van der Waals surface area (Å²) in [6.45, 7) is 1.49. The Bertz CT molecular complexity index is 1090. The molecule has 31 heavy (non-hydrogen) atoms. The van der Waals surface area contributed by atoms with Gasteiger partial charge in [-0.1, -0.05) is 30.3 Å². The molecule has 3 aromatic rings. The lowest BCUT2D eigenvalue weighted by Crippen LogP contribution is -2.10. The Balaban J connectivity index is 2.18. The number of carbonyl (C=O) groups is 1.